The van der Waals surface area contributed by atoms with Crippen molar-refractivity contribution in [2.45, 2.75) is 0 Å². The van der Waals surface area contributed by atoms with Crippen molar-refractivity contribution >= 4 is 117 Å². The van der Waals surface area contributed by atoms with Gasteiger partial charge in [-0.1, -0.05) is 127 Å². The molecule has 0 fully saturated rings. The van der Waals surface area contributed by atoms with Crippen molar-refractivity contribution in [3.05, 3.63) is 249 Å². The molecule has 13 rings (SSSR count). The zero-order valence-corrected chi connectivity index (χ0v) is 36.3. The molecular formula is C62H41N3O2. The molecule has 0 unspecified atom stereocenters. The van der Waals surface area contributed by atoms with Gasteiger partial charge in [0.1, 0.15) is 22.3 Å². The van der Waals surface area contributed by atoms with E-state index in [1.807, 2.05) is 24.3 Å². The fourth-order valence-electron chi connectivity index (χ4n) is 9.87. The van der Waals surface area contributed by atoms with Crippen LogP contribution in [0.3, 0.4) is 0 Å². The van der Waals surface area contributed by atoms with E-state index in [0.29, 0.717) is 0 Å². The fraction of sp³-hybridized carbons (Fsp3) is 0. The maximum absolute atomic E-state index is 6.53. The van der Waals surface area contributed by atoms with Gasteiger partial charge in [0.15, 0.2) is 0 Å². The van der Waals surface area contributed by atoms with Crippen molar-refractivity contribution in [3.63, 3.8) is 0 Å². The second-order valence-corrected chi connectivity index (χ2v) is 17.0. The number of hydrogen-bond acceptors (Lipinski definition) is 5. The van der Waals surface area contributed by atoms with Gasteiger partial charge >= 0.3 is 0 Å². The molecule has 0 bridgehead atoms. The standard InChI is InChI=1S/C62H41N3O2/c1-5-17-44(18-6-1)63(45-19-7-2-8-20-45)50-36-51(38-52(37-50)65(47-23-11-4-12-24-47)49-33-34-55-53-25-13-15-27-59(53)67-62(55)40-49)64(46-21-9-3-10-22-46)48-32-31-42-29-30-43-35-61-58(41-57(43)56(42)39-48)54-26-14-16-28-60(54)66-61/h1-41H. The Morgan fingerprint density at radius 3 is 1.10 bits per heavy atom. The van der Waals surface area contributed by atoms with Crippen LogP contribution >= 0.6 is 0 Å². The van der Waals surface area contributed by atoms with Crippen molar-refractivity contribution in [1.82, 2.24) is 0 Å². The molecule has 316 valence electrons. The number of furan rings is 2. The molecule has 2 aromatic heterocycles. The Kier molecular flexibility index (Phi) is 9.10. The van der Waals surface area contributed by atoms with Crippen molar-refractivity contribution in [2.75, 3.05) is 14.7 Å². The van der Waals surface area contributed by atoms with Gasteiger partial charge in [-0.3, -0.25) is 0 Å². The minimum Gasteiger partial charge on any atom is -0.456 e. The lowest BCUT2D eigenvalue weighted by Gasteiger charge is -2.33. The summed E-state index contributed by atoms with van der Waals surface area (Å²) in [6.45, 7) is 0. The Balaban J connectivity index is 1.08. The van der Waals surface area contributed by atoms with Gasteiger partial charge in [0.25, 0.3) is 0 Å². The number of rotatable bonds is 9. The largest absolute Gasteiger partial charge is 0.456 e. The Hall–Kier alpha value is -9.06. The monoisotopic (exact) mass is 859 g/mol. The molecular weight excluding hydrogens is 819 g/mol. The number of fused-ring (bicyclic) bond motifs is 9. The highest BCUT2D eigenvalue weighted by molar-refractivity contribution is 6.17. The topological polar surface area (TPSA) is 36.0 Å². The summed E-state index contributed by atoms with van der Waals surface area (Å²) in [6, 6.07) is 88.4. The lowest BCUT2D eigenvalue weighted by Crippen LogP contribution is -2.16. The zero-order chi connectivity index (χ0) is 44.3. The third kappa shape index (κ3) is 6.72. The molecule has 0 spiro atoms. The molecule has 0 saturated heterocycles. The van der Waals surface area contributed by atoms with Crippen LogP contribution in [-0.2, 0) is 0 Å². The first-order valence-electron chi connectivity index (χ1n) is 22.6. The summed E-state index contributed by atoms with van der Waals surface area (Å²) in [5, 5.41) is 9.06. The van der Waals surface area contributed by atoms with E-state index in [-0.39, 0.29) is 0 Å². The quantitative estimate of drug-likeness (QED) is 0.135. The molecule has 11 aromatic carbocycles. The SMILES string of the molecule is c1ccc(N(c2ccccc2)c2cc(N(c3ccccc3)c3ccc4c(c3)oc3ccccc34)cc(N(c3ccccc3)c3ccc4ccc5cc6oc7ccccc7c6cc5c4c3)c2)cc1. The van der Waals surface area contributed by atoms with Crippen LogP contribution in [0.5, 0.6) is 0 Å². The lowest BCUT2D eigenvalue weighted by molar-refractivity contribution is 0.669. The first kappa shape index (κ1) is 38.4. The number of nitrogens with zero attached hydrogens (tertiary/aromatic N) is 3. The molecule has 0 N–H and O–H groups in total. The first-order valence-corrected chi connectivity index (χ1v) is 22.6. The van der Waals surface area contributed by atoms with Crippen LogP contribution in [0.4, 0.5) is 51.2 Å². The number of anilines is 9. The summed E-state index contributed by atoms with van der Waals surface area (Å²) >= 11 is 0. The molecule has 13 aromatic rings. The van der Waals surface area contributed by atoms with Crippen LogP contribution in [0.1, 0.15) is 0 Å². The molecule has 0 aliphatic heterocycles. The highest BCUT2D eigenvalue weighted by Gasteiger charge is 2.23. The summed E-state index contributed by atoms with van der Waals surface area (Å²) in [6.07, 6.45) is 0. The molecule has 2 heterocycles. The molecule has 0 saturated carbocycles. The van der Waals surface area contributed by atoms with E-state index in [4.69, 9.17) is 8.83 Å². The smallest absolute Gasteiger partial charge is 0.137 e. The van der Waals surface area contributed by atoms with Crippen molar-refractivity contribution < 1.29 is 8.83 Å². The fourth-order valence-corrected chi connectivity index (χ4v) is 9.87. The average molecular weight is 860 g/mol. The van der Waals surface area contributed by atoms with Gasteiger partial charge in [0.05, 0.1) is 17.1 Å². The van der Waals surface area contributed by atoms with Gasteiger partial charge in [0, 0.05) is 61.7 Å². The van der Waals surface area contributed by atoms with E-state index in [2.05, 4.69) is 239 Å². The second kappa shape index (κ2) is 15.9. The summed E-state index contributed by atoms with van der Waals surface area (Å²) < 4.78 is 12.9. The number of para-hydroxylation sites is 6. The number of benzene rings is 11. The van der Waals surface area contributed by atoms with Crippen LogP contribution < -0.4 is 14.7 Å². The first-order chi connectivity index (χ1) is 33.2. The van der Waals surface area contributed by atoms with E-state index in [1.165, 1.54) is 16.2 Å². The van der Waals surface area contributed by atoms with Gasteiger partial charge in [-0.15, -0.1) is 0 Å². The summed E-state index contributed by atoms with van der Waals surface area (Å²) in [5.41, 5.74) is 12.6. The molecule has 0 atom stereocenters. The summed E-state index contributed by atoms with van der Waals surface area (Å²) in [4.78, 5) is 7.07. The van der Waals surface area contributed by atoms with E-state index >= 15 is 0 Å². The van der Waals surface area contributed by atoms with Gasteiger partial charge in [-0.2, -0.15) is 0 Å². The van der Waals surface area contributed by atoms with Crippen LogP contribution in [-0.4, -0.2) is 0 Å². The van der Waals surface area contributed by atoms with E-state index in [0.717, 1.165) is 100 Å². The van der Waals surface area contributed by atoms with Crippen molar-refractivity contribution in [3.8, 4) is 0 Å². The summed E-state index contributed by atoms with van der Waals surface area (Å²) in [5.74, 6) is 0. The van der Waals surface area contributed by atoms with Crippen molar-refractivity contribution in [2.24, 2.45) is 0 Å². The lowest BCUT2D eigenvalue weighted by atomic mass is 9.99. The van der Waals surface area contributed by atoms with Gasteiger partial charge in [-0.25, -0.2) is 0 Å². The maximum atomic E-state index is 6.53. The highest BCUT2D eigenvalue weighted by Crippen LogP contribution is 2.47. The minimum absolute atomic E-state index is 0.834. The molecule has 5 nitrogen and oxygen atoms in total. The normalized spacial score (nSPS) is 11.6. The number of hydrogen-bond donors (Lipinski definition) is 0. The molecule has 0 amide bonds. The summed E-state index contributed by atoms with van der Waals surface area (Å²) in [7, 11) is 0. The Labute approximate surface area is 387 Å². The van der Waals surface area contributed by atoms with E-state index < -0.39 is 0 Å². The zero-order valence-electron chi connectivity index (χ0n) is 36.3. The van der Waals surface area contributed by atoms with Crippen LogP contribution in [0.2, 0.25) is 0 Å². The van der Waals surface area contributed by atoms with Crippen LogP contribution in [0, 0.1) is 0 Å². The van der Waals surface area contributed by atoms with Crippen molar-refractivity contribution in [1.29, 1.82) is 0 Å². The molecule has 0 radical (unpaired) electrons. The second-order valence-electron chi connectivity index (χ2n) is 17.0. The molecule has 67 heavy (non-hydrogen) atoms. The van der Waals surface area contributed by atoms with Crippen LogP contribution in [0.15, 0.2) is 258 Å². The van der Waals surface area contributed by atoms with Gasteiger partial charge in [-0.05, 0) is 137 Å². The maximum Gasteiger partial charge on any atom is 0.137 e. The Bertz CT molecular complexity index is 3900. The Morgan fingerprint density at radius 2 is 0.567 bits per heavy atom. The molecule has 0 aliphatic rings. The third-order valence-corrected chi connectivity index (χ3v) is 12.9. The van der Waals surface area contributed by atoms with E-state index in [1.54, 1.807) is 0 Å². The van der Waals surface area contributed by atoms with Crippen LogP contribution in [0.25, 0.3) is 65.4 Å². The van der Waals surface area contributed by atoms with Gasteiger partial charge in [0.2, 0.25) is 0 Å². The Morgan fingerprint density at radius 1 is 0.194 bits per heavy atom. The average Bonchev–Trinajstić information content (AvgIpc) is 3.95. The highest BCUT2D eigenvalue weighted by atomic mass is 16.3. The molecule has 0 aliphatic carbocycles. The minimum atomic E-state index is 0.834. The third-order valence-electron chi connectivity index (χ3n) is 12.9. The predicted molar refractivity (Wildman–Crippen MR) is 280 cm³/mol. The van der Waals surface area contributed by atoms with E-state index in [9.17, 15) is 0 Å². The molecule has 5 heteroatoms. The van der Waals surface area contributed by atoms with Gasteiger partial charge < -0.3 is 23.5 Å². The predicted octanol–water partition coefficient (Wildman–Crippen LogP) is 18.2.